The number of carbonyl (C=O) groups is 4. The summed E-state index contributed by atoms with van der Waals surface area (Å²) < 4.78 is 10.7. The van der Waals surface area contributed by atoms with Gasteiger partial charge in [0.05, 0.1) is 0 Å². The maximum absolute atomic E-state index is 12.8. The molecule has 13 nitrogen and oxygen atoms in total. The molecule has 3 unspecified atom stereocenters. The van der Waals surface area contributed by atoms with Gasteiger partial charge in [0.25, 0.3) is 11.8 Å². The van der Waals surface area contributed by atoms with Crippen molar-refractivity contribution >= 4 is 24.0 Å². The van der Waals surface area contributed by atoms with Crippen molar-refractivity contribution in [3.05, 3.63) is 120 Å². The minimum absolute atomic E-state index is 0.0382. The molecular weight excluding hydrogens is 819 g/mol. The van der Waals surface area contributed by atoms with Crippen LogP contribution in [0.15, 0.2) is 109 Å². The first-order chi connectivity index (χ1) is 31.0. The normalized spacial score (nSPS) is 18.6. The zero-order chi connectivity index (χ0) is 47.0. The minimum Gasteiger partial charge on any atom is -0.444 e. The number of nitrogens with two attached hydrogens (primary N) is 1. The number of piperidine rings is 3. The van der Waals surface area contributed by atoms with Crippen molar-refractivity contribution in [2.75, 3.05) is 39.3 Å². The van der Waals surface area contributed by atoms with Crippen LogP contribution < -0.4 is 16.4 Å². The average molecular weight is 886 g/mol. The molecule has 7 rings (SSSR count). The highest BCUT2D eigenvalue weighted by atomic mass is 16.6. The van der Waals surface area contributed by atoms with Gasteiger partial charge in [0.15, 0.2) is 6.19 Å². The fourth-order valence-electron chi connectivity index (χ4n) is 7.75. The summed E-state index contributed by atoms with van der Waals surface area (Å²) in [7, 11) is 0. The van der Waals surface area contributed by atoms with Crippen LogP contribution >= 0.6 is 0 Å². The second-order valence-corrected chi connectivity index (χ2v) is 18.8. The van der Waals surface area contributed by atoms with Crippen LogP contribution in [-0.2, 0) is 9.47 Å². The lowest BCUT2D eigenvalue weighted by molar-refractivity contribution is 0.0182. The highest BCUT2D eigenvalue weighted by Gasteiger charge is 2.29. The monoisotopic (exact) mass is 886 g/mol. The highest BCUT2D eigenvalue weighted by Crippen LogP contribution is 2.23. The molecule has 3 heterocycles. The number of nitrogens with zero attached hydrogens (tertiary/aromatic N) is 4. The van der Waals surface area contributed by atoms with E-state index in [1.165, 1.54) is 0 Å². The van der Waals surface area contributed by atoms with Crippen LogP contribution in [-0.4, -0.2) is 107 Å². The number of hydrogen-bond acceptors (Lipinski definition) is 9. The fourth-order valence-corrected chi connectivity index (χ4v) is 7.75. The Kier molecular flexibility index (Phi) is 18.0. The molecule has 65 heavy (non-hydrogen) atoms. The van der Waals surface area contributed by atoms with E-state index in [-0.39, 0.29) is 42.1 Å². The molecule has 0 saturated carbocycles. The third kappa shape index (κ3) is 16.6. The predicted octanol–water partition coefficient (Wildman–Crippen LogP) is 8.86. The minimum atomic E-state index is -0.523. The lowest BCUT2D eigenvalue weighted by Gasteiger charge is -2.34. The maximum atomic E-state index is 12.8. The summed E-state index contributed by atoms with van der Waals surface area (Å²) in [6.07, 6.45) is 7.11. The molecule has 3 atom stereocenters. The molecule has 4 aromatic carbocycles. The van der Waals surface area contributed by atoms with E-state index in [0.717, 1.165) is 73.9 Å². The van der Waals surface area contributed by atoms with Crippen molar-refractivity contribution in [1.82, 2.24) is 25.3 Å². The van der Waals surface area contributed by atoms with E-state index in [4.69, 9.17) is 20.5 Å². The highest BCUT2D eigenvalue weighted by molar-refractivity contribution is 5.96. The molecule has 0 aromatic heterocycles. The van der Waals surface area contributed by atoms with Crippen LogP contribution in [0.2, 0.25) is 0 Å². The molecule has 0 radical (unpaired) electrons. The van der Waals surface area contributed by atoms with E-state index in [1.54, 1.807) is 14.7 Å². The number of carbonyl (C=O) groups excluding carboxylic acids is 4. The van der Waals surface area contributed by atoms with Crippen LogP contribution in [0, 0.1) is 11.5 Å². The van der Waals surface area contributed by atoms with E-state index < -0.39 is 11.2 Å². The SMILES string of the molecule is CC(C)(C)OC(=O)N1CCCC(N)C1.CC(C)(C)OC(=O)N1CCCC(NC(=O)c2cccc(-c3ccccc3)c2)C1.N#CN1CCCC(NC(=O)c2cccc(-c3ccccc3)c2)C1. The summed E-state index contributed by atoms with van der Waals surface area (Å²) in [5, 5.41) is 15.1. The van der Waals surface area contributed by atoms with E-state index in [9.17, 15) is 19.2 Å². The lowest BCUT2D eigenvalue weighted by atomic mass is 10.0. The maximum Gasteiger partial charge on any atom is 0.410 e. The van der Waals surface area contributed by atoms with Gasteiger partial charge in [0.1, 0.15) is 11.2 Å². The summed E-state index contributed by atoms with van der Waals surface area (Å²) >= 11 is 0. The molecule has 0 spiro atoms. The Morgan fingerprint density at radius 2 is 0.985 bits per heavy atom. The first-order valence-electron chi connectivity index (χ1n) is 22.7. The molecule has 4 N–H and O–H groups in total. The Morgan fingerprint density at radius 3 is 1.43 bits per heavy atom. The molecule has 3 aliphatic heterocycles. The zero-order valence-electron chi connectivity index (χ0n) is 38.9. The second-order valence-electron chi connectivity index (χ2n) is 18.8. The van der Waals surface area contributed by atoms with Crippen molar-refractivity contribution in [3.63, 3.8) is 0 Å². The molecule has 0 bridgehead atoms. The molecule has 4 amide bonds. The fraction of sp³-hybridized carbons (Fsp3) is 0.442. The van der Waals surface area contributed by atoms with Gasteiger partial charge in [-0.2, -0.15) is 5.26 Å². The Morgan fingerprint density at radius 1 is 0.569 bits per heavy atom. The van der Waals surface area contributed by atoms with Crippen molar-refractivity contribution in [2.45, 2.75) is 109 Å². The van der Waals surface area contributed by atoms with Crippen molar-refractivity contribution < 1.29 is 28.7 Å². The molecule has 3 fully saturated rings. The molecule has 3 saturated heterocycles. The topological polar surface area (TPSA) is 170 Å². The Hall–Kier alpha value is -6.39. The van der Waals surface area contributed by atoms with Gasteiger partial charge in [-0.3, -0.25) is 9.59 Å². The number of ether oxygens (including phenoxy) is 2. The molecule has 13 heteroatoms. The third-order valence-corrected chi connectivity index (χ3v) is 10.9. The first kappa shape index (κ1) is 49.6. The number of amides is 4. The summed E-state index contributed by atoms with van der Waals surface area (Å²) in [5.41, 5.74) is 10.3. The van der Waals surface area contributed by atoms with Crippen LogP contribution in [0.3, 0.4) is 0 Å². The van der Waals surface area contributed by atoms with Gasteiger partial charge in [-0.05, 0) is 127 Å². The largest absolute Gasteiger partial charge is 0.444 e. The summed E-state index contributed by atoms with van der Waals surface area (Å²) in [6, 6.07) is 35.3. The van der Waals surface area contributed by atoms with Crippen LogP contribution in [0.25, 0.3) is 22.3 Å². The molecule has 346 valence electrons. The average Bonchev–Trinajstić information content (AvgIpc) is 3.29. The molecular formula is C52H67N7O6. The number of nitrogens with one attached hydrogen (secondary N) is 2. The summed E-state index contributed by atoms with van der Waals surface area (Å²) in [4.78, 5) is 54.2. The quantitative estimate of drug-likeness (QED) is 0.160. The molecule has 4 aromatic rings. The Balaban J connectivity index is 0.000000193. The number of rotatable bonds is 6. The van der Waals surface area contributed by atoms with E-state index in [2.05, 4.69) is 16.8 Å². The van der Waals surface area contributed by atoms with Crippen LogP contribution in [0.1, 0.15) is 101 Å². The van der Waals surface area contributed by atoms with Crippen LogP contribution in [0.4, 0.5) is 9.59 Å². The number of likely N-dealkylation sites (tertiary alicyclic amines) is 3. The van der Waals surface area contributed by atoms with Crippen molar-refractivity contribution in [2.24, 2.45) is 5.73 Å². The van der Waals surface area contributed by atoms with Gasteiger partial charge in [-0.15, -0.1) is 0 Å². The number of benzene rings is 4. The Labute approximate surface area is 385 Å². The van der Waals surface area contributed by atoms with Gasteiger partial charge in [0.2, 0.25) is 0 Å². The molecule has 3 aliphatic rings. The third-order valence-electron chi connectivity index (χ3n) is 10.9. The predicted molar refractivity (Wildman–Crippen MR) is 255 cm³/mol. The summed E-state index contributed by atoms with van der Waals surface area (Å²) in [5.74, 6) is -0.193. The number of nitriles is 1. The van der Waals surface area contributed by atoms with Gasteiger partial charge in [-0.1, -0.05) is 84.9 Å². The zero-order valence-corrected chi connectivity index (χ0v) is 38.9. The standard InChI is InChI=1S/C23H28N2O3.C19H19N3O.C10H20N2O2/c1-23(2,3)28-22(27)25-14-8-13-20(16-25)24-21(26)19-12-7-11-18(15-19)17-9-5-4-6-10-17;20-14-22-11-5-10-18(13-22)21-19(23)17-9-4-8-16(12-17)15-6-2-1-3-7-15;1-10(2,3)14-9(13)12-6-4-5-8(11)7-12/h4-7,9-12,15,20H,8,13-14,16H2,1-3H3,(H,24,26);1-4,6-9,12,18H,5,10-11,13H2,(H,21,23);8H,4-7,11H2,1-3H3. The first-order valence-corrected chi connectivity index (χ1v) is 22.7. The van der Waals surface area contributed by atoms with Gasteiger partial charge in [-0.25, -0.2) is 9.59 Å². The smallest absolute Gasteiger partial charge is 0.410 e. The van der Waals surface area contributed by atoms with Crippen molar-refractivity contribution in [1.29, 1.82) is 5.26 Å². The van der Waals surface area contributed by atoms with E-state index in [1.807, 2.05) is 151 Å². The van der Waals surface area contributed by atoms with E-state index >= 15 is 0 Å². The van der Waals surface area contributed by atoms with Crippen LogP contribution in [0.5, 0.6) is 0 Å². The van der Waals surface area contributed by atoms with E-state index in [0.29, 0.717) is 37.3 Å². The lowest BCUT2D eigenvalue weighted by Crippen LogP contribution is -2.50. The van der Waals surface area contributed by atoms with Crippen molar-refractivity contribution in [3.8, 4) is 28.4 Å². The number of hydrogen-bond donors (Lipinski definition) is 3. The van der Waals surface area contributed by atoms with Gasteiger partial charge in [0, 0.05) is 68.5 Å². The van der Waals surface area contributed by atoms with Gasteiger partial charge >= 0.3 is 12.2 Å². The summed E-state index contributed by atoms with van der Waals surface area (Å²) in [6.45, 7) is 15.1. The molecule has 0 aliphatic carbocycles. The van der Waals surface area contributed by atoms with Gasteiger partial charge < -0.3 is 40.5 Å². The Bertz CT molecular complexity index is 2220. The second kappa shape index (κ2) is 23.5.